The van der Waals surface area contributed by atoms with Gasteiger partial charge < -0.3 is 9.84 Å². The fourth-order valence-electron chi connectivity index (χ4n) is 4.14. The van der Waals surface area contributed by atoms with Crippen molar-refractivity contribution in [1.29, 1.82) is 0 Å². The summed E-state index contributed by atoms with van der Waals surface area (Å²) in [5.41, 5.74) is 4.68. The third-order valence-electron chi connectivity index (χ3n) is 5.83. The van der Waals surface area contributed by atoms with Crippen LogP contribution in [0.15, 0.2) is 58.9 Å². The van der Waals surface area contributed by atoms with Gasteiger partial charge in [-0.2, -0.15) is 0 Å². The third kappa shape index (κ3) is 4.83. The lowest BCUT2D eigenvalue weighted by molar-refractivity contribution is 0.0342. The van der Waals surface area contributed by atoms with E-state index in [0.29, 0.717) is 5.13 Å². The van der Waals surface area contributed by atoms with Crippen LogP contribution in [0.5, 0.6) is 0 Å². The lowest BCUT2D eigenvalue weighted by atomic mass is 10.0. The Morgan fingerprint density at radius 2 is 1.91 bits per heavy atom. The number of nitrogens with zero attached hydrogens (tertiary/aromatic N) is 3. The van der Waals surface area contributed by atoms with Gasteiger partial charge in [0.2, 0.25) is 0 Å². The minimum Gasteiger partial charge on any atom is -0.476 e. The Hall–Kier alpha value is -2.69. The van der Waals surface area contributed by atoms with Gasteiger partial charge in [0.05, 0.1) is 18.7 Å². The Balaban J connectivity index is 1.53. The highest BCUT2D eigenvalue weighted by Gasteiger charge is 2.17. The highest BCUT2D eigenvalue weighted by Crippen LogP contribution is 2.30. The van der Waals surface area contributed by atoms with Crippen molar-refractivity contribution in [2.75, 3.05) is 26.3 Å². The van der Waals surface area contributed by atoms with Crippen LogP contribution in [0.4, 0.5) is 0 Å². The number of aromatic nitrogens is 2. The largest absolute Gasteiger partial charge is 0.476 e. The van der Waals surface area contributed by atoms with Gasteiger partial charge in [0.15, 0.2) is 10.8 Å². The van der Waals surface area contributed by atoms with Gasteiger partial charge in [-0.15, -0.1) is 11.3 Å². The zero-order valence-electron chi connectivity index (χ0n) is 17.9. The van der Waals surface area contributed by atoms with Crippen molar-refractivity contribution in [2.45, 2.75) is 17.9 Å². The molecular formula is C24H24N4O3S2. The topological polar surface area (TPSA) is 93.6 Å². The lowest BCUT2D eigenvalue weighted by Gasteiger charge is -2.26. The molecule has 1 aliphatic heterocycles. The predicted molar refractivity (Wildman–Crippen MR) is 131 cm³/mol. The number of benzene rings is 2. The van der Waals surface area contributed by atoms with Crippen molar-refractivity contribution in [3.8, 4) is 5.13 Å². The van der Waals surface area contributed by atoms with E-state index in [2.05, 4.69) is 46.4 Å². The van der Waals surface area contributed by atoms with Gasteiger partial charge in [-0.05, 0) is 53.3 Å². The molecule has 1 aliphatic rings. The van der Waals surface area contributed by atoms with E-state index in [-0.39, 0.29) is 5.69 Å². The van der Waals surface area contributed by atoms with Gasteiger partial charge in [-0.3, -0.25) is 14.6 Å². The molecule has 0 spiro atoms. The Labute approximate surface area is 199 Å². The number of morpholine rings is 1. The van der Waals surface area contributed by atoms with Crippen LogP contribution in [0.1, 0.15) is 27.2 Å². The van der Waals surface area contributed by atoms with Crippen molar-refractivity contribution in [2.24, 2.45) is 5.14 Å². The Morgan fingerprint density at radius 1 is 1.15 bits per heavy atom. The minimum atomic E-state index is -1.01. The fraction of sp³-hybridized carbons (Fsp3) is 0.250. The summed E-state index contributed by atoms with van der Waals surface area (Å²) in [7, 11) is 0. The standard InChI is InChI=1S/C24H24N4O3S2/c25-33-19-4-1-16(2-5-19)11-18-14-28(24-26-21(15-32-24)23(29)30)22-12-17(3-6-20(18)22)13-27-7-9-31-10-8-27/h1-6,12,14-15H,7-11,13,25H2,(H,29,30). The fourth-order valence-corrected chi connectivity index (χ4v) is 5.22. The van der Waals surface area contributed by atoms with E-state index in [4.69, 9.17) is 9.88 Å². The monoisotopic (exact) mass is 480 g/mol. The number of fused-ring (bicyclic) bond motifs is 1. The quantitative estimate of drug-likeness (QED) is 0.383. The number of carboxylic acid groups (broad SMARTS) is 1. The predicted octanol–water partition coefficient (Wildman–Crippen LogP) is 4.17. The zero-order valence-corrected chi connectivity index (χ0v) is 19.6. The summed E-state index contributed by atoms with van der Waals surface area (Å²) in [5.74, 6) is -1.01. The van der Waals surface area contributed by atoms with E-state index in [1.165, 1.54) is 40.0 Å². The average molecular weight is 481 g/mol. The summed E-state index contributed by atoms with van der Waals surface area (Å²) in [6.45, 7) is 4.24. The number of nitrogens with two attached hydrogens (primary N) is 1. The summed E-state index contributed by atoms with van der Waals surface area (Å²) in [5, 5.41) is 18.4. The normalized spacial score (nSPS) is 14.7. The minimum absolute atomic E-state index is 0.0674. The first kappa shape index (κ1) is 22.1. The molecule has 4 aromatic rings. The maximum absolute atomic E-state index is 11.4. The number of hydrogen-bond donors (Lipinski definition) is 2. The van der Waals surface area contributed by atoms with Crippen LogP contribution in [0, 0.1) is 0 Å². The van der Waals surface area contributed by atoms with Crippen LogP contribution in [-0.2, 0) is 17.7 Å². The molecular weight excluding hydrogens is 456 g/mol. The van der Waals surface area contributed by atoms with Crippen LogP contribution >= 0.6 is 23.3 Å². The van der Waals surface area contributed by atoms with Gasteiger partial charge in [0, 0.05) is 41.5 Å². The second-order valence-electron chi connectivity index (χ2n) is 8.02. The summed E-state index contributed by atoms with van der Waals surface area (Å²) in [6.07, 6.45) is 2.85. The number of thiazole rings is 1. The molecule has 3 N–H and O–H groups in total. The number of carboxylic acids is 1. The van der Waals surface area contributed by atoms with Crippen LogP contribution < -0.4 is 5.14 Å². The molecule has 0 radical (unpaired) electrons. The van der Waals surface area contributed by atoms with Crippen LogP contribution in [0.3, 0.4) is 0 Å². The SMILES string of the molecule is NSc1ccc(Cc2cn(-c3nc(C(=O)O)cs3)c3cc(CN4CCOCC4)ccc23)cc1. The van der Waals surface area contributed by atoms with E-state index in [1.807, 2.05) is 16.7 Å². The zero-order chi connectivity index (χ0) is 22.8. The molecule has 7 nitrogen and oxygen atoms in total. The molecule has 1 fully saturated rings. The van der Waals surface area contributed by atoms with Crippen molar-refractivity contribution < 1.29 is 14.6 Å². The Kier molecular flexibility index (Phi) is 6.48. The van der Waals surface area contributed by atoms with Gasteiger partial charge in [-0.1, -0.05) is 24.3 Å². The maximum Gasteiger partial charge on any atom is 0.355 e. The molecule has 2 aromatic heterocycles. The number of aromatic carboxylic acids is 1. The molecule has 0 bridgehead atoms. The van der Waals surface area contributed by atoms with Crippen molar-refractivity contribution in [1.82, 2.24) is 14.5 Å². The lowest BCUT2D eigenvalue weighted by Crippen LogP contribution is -2.35. The van der Waals surface area contributed by atoms with Crippen LogP contribution in [0.25, 0.3) is 16.0 Å². The van der Waals surface area contributed by atoms with E-state index >= 15 is 0 Å². The highest BCUT2D eigenvalue weighted by atomic mass is 32.2. The molecule has 170 valence electrons. The van der Waals surface area contributed by atoms with E-state index in [1.54, 1.807) is 5.38 Å². The van der Waals surface area contributed by atoms with E-state index < -0.39 is 5.97 Å². The molecule has 2 aromatic carbocycles. The molecule has 0 atom stereocenters. The molecule has 5 rings (SSSR count). The van der Waals surface area contributed by atoms with Gasteiger partial charge in [0.1, 0.15) is 0 Å². The molecule has 0 unspecified atom stereocenters. The van der Waals surface area contributed by atoms with Crippen molar-refractivity contribution >= 4 is 40.2 Å². The second kappa shape index (κ2) is 9.66. The van der Waals surface area contributed by atoms with Gasteiger partial charge >= 0.3 is 5.97 Å². The van der Waals surface area contributed by atoms with Crippen LogP contribution in [0.2, 0.25) is 0 Å². The number of carbonyl (C=O) groups is 1. The van der Waals surface area contributed by atoms with Crippen LogP contribution in [-0.4, -0.2) is 51.8 Å². The molecule has 1 saturated heterocycles. The van der Waals surface area contributed by atoms with Crippen molar-refractivity contribution in [3.05, 3.63) is 76.4 Å². The summed E-state index contributed by atoms with van der Waals surface area (Å²) in [6, 6.07) is 14.8. The number of rotatable bonds is 7. The molecule has 9 heteroatoms. The third-order valence-corrected chi connectivity index (χ3v) is 7.22. The maximum atomic E-state index is 11.4. The Bertz CT molecular complexity index is 1280. The van der Waals surface area contributed by atoms with Gasteiger partial charge in [0.25, 0.3) is 0 Å². The molecule has 33 heavy (non-hydrogen) atoms. The summed E-state index contributed by atoms with van der Waals surface area (Å²) < 4.78 is 7.49. The Morgan fingerprint density at radius 3 is 2.61 bits per heavy atom. The second-order valence-corrected chi connectivity index (χ2v) is 9.57. The molecule has 0 saturated carbocycles. The van der Waals surface area contributed by atoms with Gasteiger partial charge in [-0.25, -0.2) is 9.78 Å². The summed E-state index contributed by atoms with van der Waals surface area (Å²) in [4.78, 5) is 19.2. The van der Waals surface area contributed by atoms with E-state index in [9.17, 15) is 9.90 Å². The van der Waals surface area contributed by atoms with E-state index in [0.717, 1.165) is 55.1 Å². The molecule has 0 aliphatic carbocycles. The first-order valence-electron chi connectivity index (χ1n) is 10.7. The average Bonchev–Trinajstić information content (AvgIpc) is 3.46. The highest BCUT2D eigenvalue weighted by molar-refractivity contribution is 7.97. The first-order valence-corrected chi connectivity index (χ1v) is 12.4. The smallest absolute Gasteiger partial charge is 0.355 e. The molecule has 3 heterocycles. The number of hydrogen-bond acceptors (Lipinski definition) is 7. The first-order chi connectivity index (χ1) is 16.1. The number of ether oxygens (including phenoxy) is 1. The summed E-state index contributed by atoms with van der Waals surface area (Å²) >= 11 is 2.58. The molecule has 0 amide bonds. The van der Waals surface area contributed by atoms with Crippen molar-refractivity contribution in [3.63, 3.8) is 0 Å².